The molecule has 7 heteroatoms. The maximum absolute atomic E-state index is 5.32. The number of benzene rings is 2. The van der Waals surface area contributed by atoms with Crippen LogP contribution in [0.5, 0.6) is 5.75 Å². The summed E-state index contributed by atoms with van der Waals surface area (Å²) in [5.74, 6) is 0.859. The highest BCUT2D eigenvalue weighted by molar-refractivity contribution is 7.98. The van der Waals surface area contributed by atoms with Gasteiger partial charge in [0.25, 0.3) is 0 Å². The molecule has 2 saturated heterocycles. The van der Waals surface area contributed by atoms with Gasteiger partial charge in [0.1, 0.15) is 10.8 Å². The number of thioether (sulfide) groups is 1. The van der Waals surface area contributed by atoms with Crippen molar-refractivity contribution < 1.29 is 4.74 Å². The Kier molecular flexibility index (Phi) is 6.07. The number of aromatic nitrogens is 2. The molecule has 2 aromatic carbocycles. The molecule has 164 valence electrons. The van der Waals surface area contributed by atoms with Crippen LogP contribution in [-0.4, -0.2) is 73.4 Å². The molecule has 6 nitrogen and oxygen atoms in total. The second-order valence-corrected chi connectivity index (χ2v) is 9.12. The highest BCUT2D eigenvalue weighted by Crippen LogP contribution is 2.32. The lowest BCUT2D eigenvalue weighted by Gasteiger charge is -2.41. The number of piperidine rings is 1. The Morgan fingerprint density at radius 3 is 2.35 bits per heavy atom. The third kappa shape index (κ3) is 4.14. The van der Waals surface area contributed by atoms with E-state index in [4.69, 9.17) is 9.84 Å². The van der Waals surface area contributed by atoms with Crippen molar-refractivity contribution >= 4 is 28.4 Å². The molecular formula is C24H31N5OS. The van der Waals surface area contributed by atoms with E-state index >= 15 is 0 Å². The summed E-state index contributed by atoms with van der Waals surface area (Å²) >= 11 is 1.70. The van der Waals surface area contributed by atoms with Crippen LogP contribution in [0, 0.1) is 0 Å². The van der Waals surface area contributed by atoms with Crippen molar-refractivity contribution in [2.75, 3.05) is 57.5 Å². The van der Waals surface area contributed by atoms with Crippen LogP contribution < -0.4 is 15.0 Å². The van der Waals surface area contributed by atoms with E-state index in [1.54, 1.807) is 18.9 Å². The van der Waals surface area contributed by atoms with E-state index in [1.807, 2.05) is 12.1 Å². The number of fused-ring (bicyclic) bond motifs is 1. The van der Waals surface area contributed by atoms with Gasteiger partial charge >= 0.3 is 0 Å². The number of anilines is 1. The number of nitrogens with one attached hydrogen (secondary N) is 1. The summed E-state index contributed by atoms with van der Waals surface area (Å²) < 4.78 is 7.39. The third-order valence-corrected chi connectivity index (χ3v) is 7.33. The van der Waals surface area contributed by atoms with Gasteiger partial charge in [-0.25, -0.2) is 4.68 Å². The number of ether oxygens (including phenoxy) is 1. The summed E-state index contributed by atoms with van der Waals surface area (Å²) in [6.45, 7) is 6.79. The minimum atomic E-state index is 0.756. The molecule has 0 unspecified atom stereocenters. The van der Waals surface area contributed by atoms with Gasteiger partial charge < -0.3 is 15.0 Å². The second-order valence-electron chi connectivity index (χ2n) is 8.32. The predicted molar refractivity (Wildman–Crippen MR) is 129 cm³/mol. The number of hydrogen-bond acceptors (Lipinski definition) is 6. The fourth-order valence-corrected chi connectivity index (χ4v) is 5.42. The number of rotatable bonds is 5. The molecule has 0 saturated carbocycles. The van der Waals surface area contributed by atoms with Gasteiger partial charge in [-0.3, -0.25) is 4.90 Å². The van der Waals surface area contributed by atoms with Crippen molar-refractivity contribution in [3.63, 3.8) is 0 Å². The molecule has 0 radical (unpaired) electrons. The Hall–Kier alpha value is -2.22. The van der Waals surface area contributed by atoms with E-state index < -0.39 is 0 Å². The van der Waals surface area contributed by atoms with E-state index in [2.05, 4.69) is 56.4 Å². The maximum Gasteiger partial charge on any atom is 0.126 e. The molecule has 1 aromatic heterocycles. The number of methoxy groups -OCH3 is 1. The summed E-state index contributed by atoms with van der Waals surface area (Å²) in [5.41, 5.74) is 3.51. The third-order valence-electron chi connectivity index (χ3n) is 6.65. The zero-order chi connectivity index (χ0) is 21.2. The van der Waals surface area contributed by atoms with Gasteiger partial charge in [-0.15, -0.1) is 11.8 Å². The normalized spacial score (nSPS) is 18.6. The molecule has 0 amide bonds. The average Bonchev–Trinajstić information content (AvgIpc) is 3.23. The van der Waals surface area contributed by atoms with E-state index in [1.165, 1.54) is 23.9 Å². The predicted octanol–water partition coefficient (Wildman–Crippen LogP) is 3.63. The maximum atomic E-state index is 5.32. The minimum absolute atomic E-state index is 0.756. The summed E-state index contributed by atoms with van der Waals surface area (Å²) in [4.78, 5) is 5.23. The van der Waals surface area contributed by atoms with Crippen LogP contribution in [-0.2, 0) is 0 Å². The molecule has 2 aliphatic rings. The van der Waals surface area contributed by atoms with E-state index in [0.717, 1.165) is 67.3 Å². The molecular weight excluding hydrogens is 406 g/mol. The van der Waals surface area contributed by atoms with Crippen molar-refractivity contribution in [3.05, 3.63) is 42.5 Å². The van der Waals surface area contributed by atoms with Gasteiger partial charge in [0.05, 0.1) is 18.3 Å². The lowest BCUT2D eigenvalue weighted by Crippen LogP contribution is -2.52. The molecule has 3 aromatic rings. The molecule has 0 atom stereocenters. The van der Waals surface area contributed by atoms with Gasteiger partial charge in [-0.2, -0.15) is 5.10 Å². The molecule has 1 N–H and O–H groups in total. The highest BCUT2D eigenvalue weighted by atomic mass is 32.2. The van der Waals surface area contributed by atoms with Crippen LogP contribution >= 0.6 is 11.8 Å². The van der Waals surface area contributed by atoms with Gasteiger partial charge in [0.2, 0.25) is 0 Å². The van der Waals surface area contributed by atoms with Gasteiger partial charge in [-0.05, 0) is 74.7 Å². The Morgan fingerprint density at radius 1 is 0.968 bits per heavy atom. The molecule has 0 bridgehead atoms. The summed E-state index contributed by atoms with van der Waals surface area (Å²) in [6.07, 6.45) is 4.66. The first-order valence-corrected chi connectivity index (χ1v) is 12.4. The van der Waals surface area contributed by atoms with Crippen LogP contribution in [0.25, 0.3) is 16.6 Å². The Labute approximate surface area is 188 Å². The van der Waals surface area contributed by atoms with Crippen molar-refractivity contribution in [1.29, 1.82) is 0 Å². The highest BCUT2D eigenvalue weighted by Gasteiger charge is 2.25. The molecule has 31 heavy (non-hydrogen) atoms. The second kappa shape index (κ2) is 9.10. The van der Waals surface area contributed by atoms with Crippen molar-refractivity contribution in [2.24, 2.45) is 0 Å². The smallest absolute Gasteiger partial charge is 0.126 e. The zero-order valence-electron chi connectivity index (χ0n) is 18.4. The Balaban J connectivity index is 1.40. The topological polar surface area (TPSA) is 45.6 Å². The summed E-state index contributed by atoms with van der Waals surface area (Å²) in [7, 11) is 1.70. The lowest BCUT2D eigenvalue weighted by atomic mass is 10.0. The van der Waals surface area contributed by atoms with E-state index in [-0.39, 0.29) is 0 Å². The zero-order valence-corrected chi connectivity index (χ0v) is 19.2. The standard InChI is InChI=1S/C24H31N5OS/c1-30-21-6-3-19(4-7-21)29-23-17-20(5-8-22(23)24(26-29)31-2)28-15-13-27(14-16-28)18-9-11-25-12-10-18/h3-8,17-18,25H,9-16H2,1-2H3. The van der Waals surface area contributed by atoms with Crippen LogP contribution in [0.4, 0.5) is 5.69 Å². The van der Waals surface area contributed by atoms with Crippen molar-refractivity contribution in [2.45, 2.75) is 23.9 Å². The summed E-state index contributed by atoms with van der Waals surface area (Å²) in [5, 5.41) is 10.7. The largest absolute Gasteiger partial charge is 0.497 e. The van der Waals surface area contributed by atoms with Crippen molar-refractivity contribution in [3.8, 4) is 11.4 Å². The first-order chi connectivity index (χ1) is 15.3. The molecule has 0 aliphatic carbocycles. The van der Waals surface area contributed by atoms with Crippen LogP contribution in [0.2, 0.25) is 0 Å². The van der Waals surface area contributed by atoms with Crippen LogP contribution in [0.15, 0.2) is 47.5 Å². The molecule has 2 fully saturated rings. The minimum Gasteiger partial charge on any atom is -0.497 e. The van der Waals surface area contributed by atoms with Crippen LogP contribution in [0.1, 0.15) is 12.8 Å². The number of hydrogen-bond donors (Lipinski definition) is 1. The van der Waals surface area contributed by atoms with E-state index in [0.29, 0.717) is 0 Å². The van der Waals surface area contributed by atoms with Gasteiger partial charge in [0.15, 0.2) is 0 Å². The summed E-state index contributed by atoms with van der Waals surface area (Å²) in [6, 6.07) is 15.7. The quantitative estimate of drug-likeness (QED) is 0.615. The lowest BCUT2D eigenvalue weighted by molar-refractivity contribution is 0.153. The fraction of sp³-hybridized carbons (Fsp3) is 0.458. The van der Waals surface area contributed by atoms with Crippen molar-refractivity contribution in [1.82, 2.24) is 20.0 Å². The van der Waals surface area contributed by atoms with Gasteiger partial charge in [0, 0.05) is 43.3 Å². The number of piperazine rings is 1. The Morgan fingerprint density at radius 2 is 1.68 bits per heavy atom. The Bertz CT molecular complexity index is 1020. The SMILES string of the molecule is COc1ccc(-n2nc(SC)c3ccc(N4CCN(C5CCNCC5)CC4)cc32)cc1. The average molecular weight is 438 g/mol. The first kappa shape index (κ1) is 20.7. The van der Waals surface area contributed by atoms with Crippen LogP contribution in [0.3, 0.4) is 0 Å². The number of nitrogens with zero attached hydrogens (tertiary/aromatic N) is 4. The van der Waals surface area contributed by atoms with E-state index in [9.17, 15) is 0 Å². The molecule has 0 spiro atoms. The molecule has 2 aliphatic heterocycles. The molecule has 3 heterocycles. The van der Waals surface area contributed by atoms with Gasteiger partial charge in [-0.1, -0.05) is 0 Å². The molecule has 5 rings (SSSR count). The monoisotopic (exact) mass is 437 g/mol. The fourth-order valence-electron chi connectivity index (χ4n) is 4.86. The first-order valence-electron chi connectivity index (χ1n) is 11.2.